The number of carbonyl (C=O) groups excluding carboxylic acids is 1. The van der Waals surface area contributed by atoms with Crippen molar-refractivity contribution >= 4 is 5.78 Å². The highest BCUT2D eigenvalue weighted by atomic mass is 16.1. The third kappa shape index (κ3) is 1.64. The average Bonchev–Trinajstić information content (AvgIpc) is 2.74. The molecular formula is C19H26O. The summed E-state index contributed by atoms with van der Waals surface area (Å²) in [6, 6.07) is 0. The summed E-state index contributed by atoms with van der Waals surface area (Å²) in [7, 11) is 0. The number of hydrogen-bond acceptors (Lipinski definition) is 1. The lowest BCUT2D eigenvalue weighted by Crippen LogP contribution is -2.46. The van der Waals surface area contributed by atoms with Crippen LogP contribution in [0.25, 0.3) is 0 Å². The monoisotopic (exact) mass is 270 g/mol. The topological polar surface area (TPSA) is 17.1 Å². The fourth-order valence-corrected chi connectivity index (χ4v) is 6.05. The van der Waals surface area contributed by atoms with E-state index in [0.717, 1.165) is 30.6 Å². The van der Waals surface area contributed by atoms with Crippen LogP contribution >= 0.6 is 0 Å². The van der Waals surface area contributed by atoms with Gasteiger partial charge in [0.05, 0.1) is 0 Å². The lowest BCUT2D eigenvalue weighted by Gasteiger charge is -2.52. The average molecular weight is 270 g/mol. The van der Waals surface area contributed by atoms with E-state index in [1.165, 1.54) is 44.1 Å². The largest absolute Gasteiger partial charge is 0.299 e. The minimum absolute atomic E-state index is 0.0423. The molecule has 1 heteroatoms. The molecule has 0 saturated heterocycles. The summed E-state index contributed by atoms with van der Waals surface area (Å²) < 4.78 is 0. The number of hydrogen-bond donors (Lipinski definition) is 0. The highest BCUT2D eigenvalue weighted by molar-refractivity contribution is 5.87. The van der Waals surface area contributed by atoms with Crippen LogP contribution in [-0.2, 0) is 4.79 Å². The van der Waals surface area contributed by atoms with Crippen LogP contribution in [0.1, 0.15) is 58.3 Å². The van der Waals surface area contributed by atoms with Crippen molar-refractivity contribution in [3.05, 3.63) is 23.8 Å². The Bertz CT molecular complexity index is 500. The van der Waals surface area contributed by atoms with Crippen molar-refractivity contribution in [2.24, 2.45) is 29.1 Å². The Kier molecular flexibility index (Phi) is 2.78. The normalized spacial score (nSPS) is 47.4. The maximum atomic E-state index is 12.3. The smallest absolute Gasteiger partial charge is 0.139 e. The molecule has 5 atom stereocenters. The molecule has 0 bridgehead atoms. The fraction of sp³-hybridized carbons (Fsp3) is 0.737. The molecule has 1 nitrogen and oxygen atoms in total. The van der Waals surface area contributed by atoms with E-state index < -0.39 is 0 Å². The van der Waals surface area contributed by atoms with Gasteiger partial charge in [-0.3, -0.25) is 4.79 Å². The summed E-state index contributed by atoms with van der Waals surface area (Å²) in [6.45, 7) is 6.44. The second-order valence-corrected chi connectivity index (χ2v) is 7.91. The van der Waals surface area contributed by atoms with Crippen molar-refractivity contribution in [2.75, 3.05) is 0 Å². The van der Waals surface area contributed by atoms with Gasteiger partial charge < -0.3 is 0 Å². The van der Waals surface area contributed by atoms with Gasteiger partial charge in [-0.25, -0.2) is 0 Å². The first-order valence-corrected chi connectivity index (χ1v) is 8.51. The van der Waals surface area contributed by atoms with Crippen molar-refractivity contribution < 1.29 is 4.79 Å². The van der Waals surface area contributed by atoms with Crippen LogP contribution in [0, 0.1) is 29.1 Å². The first kappa shape index (κ1) is 12.9. The lowest BCUT2D eigenvalue weighted by molar-refractivity contribution is -0.131. The highest BCUT2D eigenvalue weighted by Gasteiger charge is 2.55. The fourth-order valence-electron chi connectivity index (χ4n) is 6.05. The molecule has 4 aliphatic carbocycles. The van der Waals surface area contributed by atoms with Crippen LogP contribution < -0.4 is 0 Å². The van der Waals surface area contributed by atoms with Crippen LogP contribution in [0.4, 0.5) is 0 Å². The van der Waals surface area contributed by atoms with E-state index in [9.17, 15) is 4.79 Å². The van der Waals surface area contributed by atoms with Gasteiger partial charge >= 0.3 is 0 Å². The standard InChI is InChI=1S/C19H26O/c1-12-3-5-14-13(11-12)4-6-16-15(14)9-10-19(2)17(16)7-8-18(19)20/h11,14-17H,1,3-10H2,2H3/t14-,15+,16+,17-,19-/m0/s1. The van der Waals surface area contributed by atoms with Gasteiger partial charge in [-0.15, -0.1) is 0 Å². The molecule has 0 aliphatic heterocycles. The summed E-state index contributed by atoms with van der Waals surface area (Å²) in [5.74, 6) is 3.78. The molecule has 0 aromatic rings. The molecule has 3 saturated carbocycles. The van der Waals surface area contributed by atoms with Crippen LogP contribution in [0.2, 0.25) is 0 Å². The van der Waals surface area contributed by atoms with Gasteiger partial charge in [0.25, 0.3) is 0 Å². The van der Waals surface area contributed by atoms with Crippen LogP contribution in [0.15, 0.2) is 23.8 Å². The van der Waals surface area contributed by atoms with Gasteiger partial charge in [-0.1, -0.05) is 30.7 Å². The molecule has 20 heavy (non-hydrogen) atoms. The second kappa shape index (κ2) is 4.32. The molecule has 4 aliphatic rings. The van der Waals surface area contributed by atoms with Gasteiger partial charge in [-0.05, 0) is 68.6 Å². The molecule has 0 amide bonds. The molecule has 0 aromatic heterocycles. The number of ketones is 1. The zero-order chi connectivity index (χ0) is 13.9. The van der Waals surface area contributed by atoms with Gasteiger partial charge in [0, 0.05) is 11.8 Å². The molecule has 4 rings (SSSR count). The van der Waals surface area contributed by atoms with Crippen molar-refractivity contribution in [3.8, 4) is 0 Å². The van der Waals surface area contributed by atoms with E-state index in [1.54, 1.807) is 5.57 Å². The third-order valence-electron chi connectivity index (χ3n) is 7.13. The van der Waals surface area contributed by atoms with E-state index in [4.69, 9.17) is 0 Å². The first-order chi connectivity index (χ1) is 9.59. The predicted octanol–water partition coefficient (Wildman–Crippen LogP) is 4.68. The van der Waals surface area contributed by atoms with Crippen LogP contribution in [-0.4, -0.2) is 5.78 Å². The number of rotatable bonds is 0. The second-order valence-electron chi connectivity index (χ2n) is 7.91. The zero-order valence-corrected chi connectivity index (χ0v) is 12.7. The molecule has 0 heterocycles. The van der Waals surface area contributed by atoms with E-state index >= 15 is 0 Å². The van der Waals surface area contributed by atoms with Crippen molar-refractivity contribution in [2.45, 2.75) is 58.3 Å². The summed E-state index contributed by atoms with van der Waals surface area (Å²) in [6.07, 6.45) is 12.0. The SMILES string of the molecule is C=C1C=C2CC[C@@H]3[C@H](CC[C@]4(C)C(=O)CC[C@@H]34)[C@H]2CC1. The molecule has 3 fully saturated rings. The van der Waals surface area contributed by atoms with Crippen molar-refractivity contribution in [3.63, 3.8) is 0 Å². The van der Waals surface area contributed by atoms with Crippen molar-refractivity contribution in [1.29, 1.82) is 0 Å². The van der Waals surface area contributed by atoms with E-state index in [2.05, 4.69) is 19.6 Å². The van der Waals surface area contributed by atoms with Gasteiger partial charge in [0.15, 0.2) is 0 Å². The Morgan fingerprint density at radius 1 is 1.10 bits per heavy atom. The lowest BCUT2D eigenvalue weighted by atomic mass is 9.52. The molecule has 0 aromatic carbocycles. The first-order valence-electron chi connectivity index (χ1n) is 8.51. The summed E-state index contributed by atoms with van der Waals surface area (Å²) in [5, 5.41) is 0. The highest BCUT2D eigenvalue weighted by Crippen LogP contribution is 2.60. The van der Waals surface area contributed by atoms with Gasteiger partial charge in [-0.2, -0.15) is 0 Å². The van der Waals surface area contributed by atoms with E-state index in [1.807, 2.05) is 0 Å². The molecule has 0 N–H and O–H groups in total. The Hall–Kier alpha value is -0.850. The zero-order valence-electron chi connectivity index (χ0n) is 12.7. The Morgan fingerprint density at radius 2 is 1.95 bits per heavy atom. The summed E-state index contributed by atoms with van der Waals surface area (Å²) >= 11 is 0. The molecule has 0 radical (unpaired) electrons. The van der Waals surface area contributed by atoms with Gasteiger partial charge in [0.1, 0.15) is 5.78 Å². The summed E-state index contributed by atoms with van der Waals surface area (Å²) in [4.78, 5) is 12.3. The summed E-state index contributed by atoms with van der Waals surface area (Å²) in [5.41, 5.74) is 3.07. The third-order valence-corrected chi connectivity index (χ3v) is 7.13. The molecule has 0 spiro atoms. The maximum Gasteiger partial charge on any atom is 0.139 e. The van der Waals surface area contributed by atoms with E-state index in [0.29, 0.717) is 11.7 Å². The van der Waals surface area contributed by atoms with E-state index in [-0.39, 0.29) is 5.41 Å². The molecule has 108 valence electrons. The number of carbonyl (C=O) groups is 1. The minimum atomic E-state index is 0.0423. The number of fused-ring (bicyclic) bond motifs is 5. The van der Waals surface area contributed by atoms with Gasteiger partial charge in [0.2, 0.25) is 0 Å². The predicted molar refractivity (Wildman–Crippen MR) is 81.2 cm³/mol. The quantitative estimate of drug-likeness (QED) is 0.624. The molecule has 0 unspecified atom stereocenters. The number of allylic oxidation sites excluding steroid dienone is 3. The number of Topliss-reactive ketones (excluding diaryl/α,β-unsaturated/α-hetero) is 1. The molecular weight excluding hydrogens is 244 g/mol. The minimum Gasteiger partial charge on any atom is -0.299 e. The van der Waals surface area contributed by atoms with Crippen molar-refractivity contribution in [1.82, 2.24) is 0 Å². The van der Waals surface area contributed by atoms with Crippen LogP contribution in [0.5, 0.6) is 0 Å². The Morgan fingerprint density at radius 3 is 2.80 bits per heavy atom. The van der Waals surface area contributed by atoms with Crippen LogP contribution in [0.3, 0.4) is 0 Å². The maximum absolute atomic E-state index is 12.3. The Labute approximate surface area is 122 Å². The Balaban J connectivity index is 1.65.